The van der Waals surface area contributed by atoms with Crippen LogP contribution in [0.3, 0.4) is 0 Å². The summed E-state index contributed by atoms with van der Waals surface area (Å²) in [5.74, 6) is -2.19. The van der Waals surface area contributed by atoms with Gasteiger partial charge in [0.2, 0.25) is 11.9 Å². The van der Waals surface area contributed by atoms with Gasteiger partial charge in [-0.3, -0.25) is 4.79 Å². The van der Waals surface area contributed by atoms with E-state index in [4.69, 9.17) is 14.0 Å². The van der Waals surface area contributed by atoms with Crippen LogP contribution in [-0.2, 0) is 21.4 Å². The van der Waals surface area contributed by atoms with Crippen molar-refractivity contribution < 1.29 is 46.3 Å². The highest BCUT2D eigenvalue weighted by Crippen LogP contribution is 2.59. The Balaban J connectivity index is 1.23. The summed E-state index contributed by atoms with van der Waals surface area (Å²) in [4.78, 5) is 37.4. The lowest BCUT2D eigenvalue weighted by atomic mass is 10.0. The summed E-state index contributed by atoms with van der Waals surface area (Å²) in [5, 5.41) is 16.0. The van der Waals surface area contributed by atoms with Gasteiger partial charge < -0.3 is 24.4 Å². The molecule has 3 heterocycles. The van der Waals surface area contributed by atoms with Gasteiger partial charge >= 0.3 is 12.3 Å². The maximum atomic E-state index is 14.9. The average Bonchev–Trinajstić information content (AvgIpc) is 3.46. The van der Waals surface area contributed by atoms with Gasteiger partial charge in [0.25, 0.3) is 5.19 Å². The zero-order chi connectivity index (χ0) is 30.8. The van der Waals surface area contributed by atoms with Gasteiger partial charge in [0, 0.05) is 31.1 Å². The molecule has 17 heteroatoms. The molecule has 1 fully saturated rings. The number of carbonyl (C=O) groups excluding carboxylic acids is 1. The molecule has 12 nitrogen and oxygen atoms in total. The summed E-state index contributed by atoms with van der Waals surface area (Å²) >= 11 is 0.969. The van der Waals surface area contributed by atoms with Crippen LogP contribution in [-0.4, -0.2) is 63.7 Å². The molecule has 1 aromatic carbocycles. The maximum Gasteiger partial charge on any atom is 0.419 e. The zero-order valence-electron chi connectivity index (χ0n) is 22.2. The Hall–Kier alpha value is -4.64. The second-order valence-corrected chi connectivity index (χ2v) is 10.4. The fourth-order valence-electron chi connectivity index (χ4n) is 4.08. The van der Waals surface area contributed by atoms with E-state index >= 15 is 0 Å². The van der Waals surface area contributed by atoms with Crippen molar-refractivity contribution in [1.82, 2.24) is 20.1 Å². The smallest absolute Gasteiger partial charge is 0.419 e. The van der Waals surface area contributed by atoms with Gasteiger partial charge in [0.15, 0.2) is 11.6 Å². The third-order valence-corrected chi connectivity index (χ3v) is 7.41. The van der Waals surface area contributed by atoms with Gasteiger partial charge in [-0.05, 0) is 30.0 Å². The van der Waals surface area contributed by atoms with Crippen LogP contribution in [0, 0.1) is 5.82 Å². The molecule has 4 aromatic rings. The first-order valence-electron chi connectivity index (χ1n) is 12.6. The SMILES string of the molecule is COCCOc1ncc(N(C(=O)O)c2ncc(-c3ccc(CC(=O)Nc4cc(C5(C(F)(F)F)CC5)on4)c(F)c3)cn2)s1. The molecule has 0 spiro atoms. The van der Waals surface area contributed by atoms with Crippen LogP contribution in [0.1, 0.15) is 24.2 Å². The van der Waals surface area contributed by atoms with Crippen LogP contribution in [0.2, 0.25) is 0 Å². The van der Waals surface area contributed by atoms with Crippen LogP contribution in [0.15, 0.2) is 47.4 Å². The molecule has 1 aliphatic carbocycles. The molecular weight excluding hydrogens is 600 g/mol. The number of anilines is 3. The molecule has 0 atom stereocenters. The predicted molar refractivity (Wildman–Crippen MR) is 143 cm³/mol. The first kappa shape index (κ1) is 29.8. The number of methoxy groups -OCH3 is 1. The van der Waals surface area contributed by atoms with Crippen molar-refractivity contribution >= 4 is 40.1 Å². The summed E-state index contributed by atoms with van der Waals surface area (Å²) in [5.41, 5.74) is -1.35. The van der Waals surface area contributed by atoms with E-state index in [1.54, 1.807) is 0 Å². The third-order valence-electron chi connectivity index (χ3n) is 6.51. The Morgan fingerprint density at radius 1 is 1.12 bits per heavy atom. The monoisotopic (exact) mass is 622 g/mol. The number of rotatable bonds is 11. The fourth-order valence-corrected chi connectivity index (χ4v) is 4.86. The lowest BCUT2D eigenvalue weighted by molar-refractivity contribution is -0.165. The minimum absolute atomic E-state index is 0.0160. The van der Waals surface area contributed by atoms with Crippen molar-refractivity contribution in [2.24, 2.45) is 0 Å². The number of nitrogens with one attached hydrogen (secondary N) is 1. The number of carboxylic acid groups (broad SMARTS) is 1. The molecule has 1 aliphatic rings. The van der Waals surface area contributed by atoms with Crippen molar-refractivity contribution in [3.63, 3.8) is 0 Å². The Morgan fingerprint density at radius 2 is 1.86 bits per heavy atom. The van der Waals surface area contributed by atoms with Crippen LogP contribution in [0.5, 0.6) is 5.19 Å². The first-order chi connectivity index (χ1) is 20.5. The van der Waals surface area contributed by atoms with E-state index in [2.05, 4.69) is 25.4 Å². The first-order valence-corrected chi connectivity index (χ1v) is 13.4. The van der Waals surface area contributed by atoms with E-state index in [1.165, 1.54) is 37.8 Å². The van der Waals surface area contributed by atoms with E-state index in [9.17, 15) is 32.3 Å². The number of alkyl halides is 3. The molecular formula is C26H22F4N6O6S. The molecule has 0 aliphatic heterocycles. The number of halogens is 4. The Bertz CT molecular complexity index is 1620. The van der Waals surface area contributed by atoms with E-state index in [-0.39, 0.29) is 52.7 Å². The van der Waals surface area contributed by atoms with Crippen LogP contribution >= 0.6 is 11.3 Å². The van der Waals surface area contributed by atoms with Crippen molar-refractivity contribution in [1.29, 1.82) is 0 Å². The number of amides is 2. The highest BCUT2D eigenvalue weighted by Gasteiger charge is 2.66. The molecule has 1 saturated carbocycles. The van der Waals surface area contributed by atoms with Crippen LogP contribution < -0.4 is 15.0 Å². The van der Waals surface area contributed by atoms with E-state index < -0.39 is 35.8 Å². The van der Waals surface area contributed by atoms with Crippen LogP contribution in [0.25, 0.3) is 11.1 Å². The van der Waals surface area contributed by atoms with E-state index in [0.717, 1.165) is 28.4 Å². The number of benzene rings is 1. The number of hydrogen-bond donors (Lipinski definition) is 2. The molecule has 226 valence electrons. The molecule has 0 radical (unpaired) electrons. The van der Waals surface area contributed by atoms with Gasteiger partial charge in [0.05, 0.1) is 19.2 Å². The molecule has 2 amide bonds. The number of ether oxygens (including phenoxy) is 2. The highest BCUT2D eigenvalue weighted by atomic mass is 32.1. The summed E-state index contributed by atoms with van der Waals surface area (Å²) < 4.78 is 69.8. The molecule has 0 saturated heterocycles. The molecule has 0 unspecified atom stereocenters. The number of nitrogens with zero attached hydrogens (tertiary/aromatic N) is 5. The normalized spacial score (nSPS) is 13.9. The fraction of sp³-hybridized carbons (Fsp3) is 0.308. The standard InChI is InChI=1S/C26H22F4N6O6S/c1-40-6-7-41-23-33-13-21(43-23)36(24(38)39)22-31-11-16(12-32-22)14-2-3-15(17(27)8-14)9-20(37)34-19-10-18(42-35-19)25(4-5-25)26(28,29)30/h2-3,8,10-13H,4-7,9H2,1H3,(H,38,39)(H,34,35,37). The van der Waals surface area contributed by atoms with Crippen molar-refractivity contribution in [2.45, 2.75) is 30.9 Å². The minimum Gasteiger partial charge on any atom is -0.468 e. The summed E-state index contributed by atoms with van der Waals surface area (Å²) in [6, 6.07) is 5.05. The molecule has 5 rings (SSSR count). The van der Waals surface area contributed by atoms with Gasteiger partial charge in [-0.1, -0.05) is 28.6 Å². The maximum absolute atomic E-state index is 14.9. The summed E-state index contributed by atoms with van der Waals surface area (Å²) in [6.45, 7) is 0.561. The highest BCUT2D eigenvalue weighted by molar-refractivity contribution is 7.17. The lowest BCUT2D eigenvalue weighted by Crippen LogP contribution is -2.28. The summed E-state index contributed by atoms with van der Waals surface area (Å²) in [6.07, 6.45) is -2.60. The summed E-state index contributed by atoms with van der Waals surface area (Å²) in [7, 11) is 1.51. The van der Waals surface area contributed by atoms with Gasteiger partial charge in [-0.25, -0.2) is 29.0 Å². The van der Waals surface area contributed by atoms with Crippen molar-refractivity contribution in [3.05, 3.63) is 60.0 Å². The number of carbonyl (C=O) groups is 2. The second-order valence-electron chi connectivity index (χ2n) is 9.38. The average molecular weight is 623 g/mol. The number of thiazole rings is 1. The largest absolute Gasteiger partial charge is 0.468 e. The number of aromatic nitrogens is 4. The van der Waals surface area contributed by atoms with Gasteiger partial charge in [0.1, 0.15) is 22.8 Å². The molecule has 2 N–H and O–H groups in total. The lowest BCUT2D eigenvalue weighted by Gasteiger charge is -2.15. The molecule has 0 bridgehead atoms. The van der Waals surface area contributed by atoms with Crippen LogP contribution in [0.4, 0.5) is 39.1 Å². The third kappa shape index (κ3) is 6.41. The predicted octanol–water partition coefficient (Wildman–Crippen LogP) is 5.34. The quantitative estimate of drug-likeness (QED) is 0.166. The van der Waals surface area contributed by atoms with E-state index in [0.29, 0.717) is 17.7 Å². The van der Waals surface area contributed by atoms with Gasteiger partial charge in [-0.2, -0.15) is 13.2 Å². The molecule has 3 aromatic heterocycles. The van der Waals surface area contributed by atoms with Crippen molar-refractivity contribution in [2.75, 3.05) is 30.5 Å². The topological polar surface area (TPSA) is 153 Å². The minimum atomic E-state index is -4.50. The zero-order valence-corrected chi connectivity index (χ0v) is 23.0. The Labute approximate surface area is 244 Å². The number of hydrogen-bond acceptors (Lipinski definition) is 10. The second kappa shape index (κ2) is 11.9. The van der Waals surface area contributed by atoms with Gasteiger partial charge in [-0.15, -0.1) is 0 Å². The Kier molecular flexibility index (Phi) is 8.27. The molecule has 43 heavy (non-hydrogen) atoms. The van der Waals surface area contributed by atoms with E-state index in [1.807, 2.05) is 0 Å². The Morgan fingerprint density at radius 3 is 2.49 bits per heavy atom. The van der Waals surface area contributed by atoms with Crippen molar-refractivity contribution in [3.8, 4) is 16.3 Å².